The second kappa shape index (κ2) is 6.23. The van der Waals surface area contributed by atoms with Crippen LogP contribution >= 0.6 is 11.8 Å². The lowest BCUT2D eigenvalue weighted by atomic mass is 10.1. The number of rotatable bonds is 5. The summed E-state index contributed by atoms with van der Waals surface area (Å²) in [5, 5.41) is 13.3. The third-order valence-electron chi connectivity index (χ3n) is 2.61. The summed E-state index contributed by atoms with van der Waals surface area (Å²) in [4.78, 5) is 0. The van der Waals surface area contributed by atoms with Gasteiger partial charge in [-0.2, -0.15) is 11.8 Å². The molecule has 15 heavy (non-hydrogen) atoms. The summed E-state index contributed by atoms with van der Waals surface area (Å²) in [6.07, 6.45) is 3.95. The zero-order chi connectivity index (χ0) is 11.3. The fraction of sp³-hybridized carbons (Fsp3) is 1.00. The van der Waals surface area contributed by atoms with Crippen molar-refractivity contribution in [2.24, 2.45) is 0 Å². The van der Waals surface area contributed by atoms with Crippen molar-refractivity contribution < 1.29 is 9.32 Å². The van der Waals surface area contributed by atoms with Crippen LogP contribution in [0.1, 0.15) is 19.8 Å². The highest BCUT2D eigenvalue weighted by atomic mass is 32.2. The molecule has 1 atom stereocenters. The minimum Gasteiger partial charge on any atom is -0.388 e. The molecule has 1 unspecified atom stereocenters. The summed E-state index contributed by atoms with van der Waals surface area (Å²) < 4.78 is 11.1. The van der Waals surface area contributed by atoms with Gasteiger partial charge in [-0.15, -0.1) is 0 Å². The van der Waals surface area contributed by atoms with Crippen LogP contribution in [0.5, 0.6) is 0 Å². The van der Waals surface area contributed by atoms with Gasteiger partial charge in [0.25, 0.3) is 0 Å². The maximum Gasteiger partial charge on any atom is 0.0833 e. The highest BCUT2D eigenvalue weighted by Crippen LogP contribution is 2.13. The standard InChI is InChI=1S/C10H21NO2S2/c1-10(12,8-14-2)7-11-9-3-5-15(13)6-4-9/h9,11-12H,3-8H2,1-2H3. The molecule has 2 N–H and O–H groups in total. The van der Waals surface area contributed by atoms with Gasteiger partial charge in [0.2, 0.25) is 0 Å². The van der Waals surface area contributed by atoms with Gasteiger partial charge < -0.3 is 10.4 Å². The molecule has 0 aromatic rings. The zero-order valence-corrected chi connectivity index (χ0v) is 11.1. The van der Waals surface area contributed by atoms with Crippen molar-refractivity contribution in [1.82, 2.24) is 5.32 Å². The van der Waals surface area contributed by atoms with Crippen molar-refractivity contribution >= 4 is 22.6 Å². The van der Waals surface area contributed by atoms with E-state index in [2.05, 4.69) is 5.32 Å². The lowest BCUT2D eigenvalue weighted by molar-refractivity contribution is 0.0810. The van der Waals surface area contributed by atoms with Crippen molar-refractivity contribution in [3.63, 3.8) is 0 Å². The monoisotopic (exact) mass is 251 g/mol. The van der Waals surface area contributed by atoms with Gasteiger partial charge in [0.15, 0.2) is 0 Å². The highest BCUT2D eigenvalue weighted by Gasteiger charge is 2.23. The van der Waals surface area contributed by atoms with Gasteiger partial charge in [-0.05, 0) is 26.0 Å². The van der Waals surface area contributed by atoms with Gasteiger partial charge in [-0.25, -0.2) is 0 Å². The number of aliphatic hydroxyl groups is 1. The van der Waals surface area contributed by atoms with Crippen molar-refractivity contribution in [2.75, 3.05) is 30.1 Å². The maximum atomic E-state index is 11.1. The molecule has 0 bridgehead atoms. The Morgan fingerprint density at radius 1 is 1.53 bits per heavy atom. The fourth-order valence-corrected chi connectivity index (χ4v) is 3.75. The van der Waals surface area contributed by atoms with E-state index in [1.54, 1.807) is 11.8 Å². The van der Waals surface area contributed by atoms with Crippen LogP contribution in [0.15, 0.2) is 0 Å². The first-order valence-electron chi connectivity index (χ1n) is 5.33. The molecular weight excluding hydrogens is 230 g/mol. The molecule has 1 aliphatic heterocycles. The van der Waals surface area contributed by atoms with Crippen LogP contribution in [-0.2, 0) is 10.8 Å². The van der Waals surface area contributed by atoms with E-state index in [1.807, 2.05) is 13.2 Å². The quantitative estimate of drug-likeness (QED) is 0.751. The summed E-state index contributed by atoms with van der Waals surface area (Å²) in [6.45, 7) is 2.49. The van der Waals surface area contributed by atoms with Gasteiger partial charge in [-0.3, -0.25) is 4.21 Å². The molecule has 1 saturated heterocycles. The molecule has 0 saturated carbocycles. The molecule has 0 aliphatic carbocycles. The third-order valence-corrected chi connectivity index (χ3v) is 4.91. The highest BCUT2D eigenvalue weighted by molar-refractivity contribution is 7.98. The number of nitrogens with one attached hydrogen (secondary N) is 1. The van der Waals surface area contributed by atoms with Crippen molar-refractivity contribution in [1.29, 1.82) is 0 Å². The van der Waals surface area contributed by atoms with E-state index in [4.69, 9.17) is 0 Å². The molecule has 1 rings (SSSR count). The SMILES string of the molecule is CSCC(C)(O)CNC1CCS(=O)CC1. The van der Waals surface area contributed by atoms with Gasteiger partial charge in [0, 0.05) is 40.6 Å². The van der Waals surface area contributed by atoms with E-state index >= 15 is 0 Å². The predicted octanol–water partition coefficient (Wildman–Crippen LogP) is 0.601. The lowest BCUT2D eigenvalue weighted by Gasteiger charge is -2.28. The van der Waals surface area contributed by atoms with Gasteiger partial charge in [0.05, 0.1) is 5.60 Å². The molecule has 0 amide bonds. The normalized spacial score (nSPS) is 31.1. The second-order valence-electron chi connectivity index (χ2n) is 4.43. The van der Waals surface area contributed by atoms with E-state index in [1.165, 1.54) is 0 Å². The summed E-state index contributed by atoms with van der Waals surface area (Å²) in [5.74, 6) is 2.36. The Morgan fingerprint density at radius 2 is 2.13 bits per heavy atom. The molecule has 1 aliphatic rings. The minimum absolute atomic E-state index is 0.441. The van der Waals surface area contributed by atoms with Crippen LogP contribution in [-0.4, -0.2) is 51.0 Å². The number of hydrogen-bond donors (Lipinski definition) is 2. The summed E-state index contributed by atoms with van der Waals surface area (Å²) in [6, 6.07) is 0.441. The molecule has 5 heteroatoms. The van der Waals surface area contributed by atoms with E-state index in [0.29, 0.717) is 12.6 Å². The van der Waals surface area contributed by atoms with Crippen LogP contribution < -0.4 is 5.32 Å². The van der Waals surface area contributed by atoms with Crippen LogP contribution in [0, 0.1) is 0 Å². The smallest absolute Gasteiger partial charge is 0.0833 e. The van der Waals surface area contributed by atoms with E-state index in [-0.39, 0.29) is 0 Å². The number of thioether (sulfide) groups is 1. The Kier molecular flexibility index (Phi) is 5.60. The minimum atomic E-state index is -0.629. The third kappa shape index (κ3) is 5.33. The first-order chi connectivity index (χ1) is 7.03. The molecule has 1 fully saturated rings. The van der Waals surface area contributed by atoms with Gasteiger partial charge in [-0.1, -0.05) is 0 Å². The largest absolute Gasteiger partial charge is 0.388 e. The summed E-state index contributed by atoms with van der Waals surface area (Å²) in [7, 11) is -0.596. The second-order valence-corrected chi connectivity index (χ2v) is 7.00. The lowest BCUT2D eigenvalue weighted by Crippen LogP contribution is -2.46. The first-order valence-corrected chi connectivity index (χ1v) is 8.21. The fourth-order valence-electron chi connectivity index (χ4n) is 1.72. The molecule has 0 aromatic carbocycles. The summed E-state index contributed by atoms with van der Waals surface area (Å²) in [5.41, 5.74) is -0.629. The van der Waals surface area contributed by atoms with E-state index in [0.717, 1.165) is 30.1 Å². The molecule has 90 valence electrons. The zero-order valence-electron chi connectivity index (χ0n) is 9.49. The Balaban J connectivity index is 2.22. The Labute approximate surface area is 98.9 Å². The van der Waals surface area contributed by atoms with Crippen LogP contribution in [0.25, 0.3) is 0 Å². The molecule has 0 spiro atoms. The Hall–Kier alpha value is 0.420. The molecule has 0 aromatic heterocycles. The molecule has 1 heterocycles. The topological polar surface area (TPSA) is 49.3 Å². The van der Waals surface area contributed by atoms with Gasteiger partial charge >= 0.3 is 0 Å². The van der Waals surface area contributed by atoms with Crippen LogP contribution in [0.3, 0.4) is 0 Å². The van der Waals surface area contributed by atoms with Crippen molar-refractivity contribution in [3.8, 4) is 0 Å². The molecule has 0 radical (unpaired) electrons. The average molecular weight is 251 g/mol. The Morgan fingerprint density at radius 3 is 2.67 bits per heavy atom. The first kappa shape index (κ1) is 13.5. The molecular formula is C10H21NO2S2. The maximum absolute atomic E-state index is 11.1. The van der Waals surface area contributed by atoms with Crippen LogP contribution in [0.2, 0.25) is 0 Å². The number of hydrogen-bond acceptors (Lipinski definition) is 4. The summed E-state index contributed by atoms with van der Waals surface area (Å²) >= 11 is 1.66. The van der Waals surface area contributed by atoms with Crippen LogP contribution in [0.4, 0.5) is 0 Å². The Bertz CT molecular complexity index is 211. The van der Waals surface area contributed by atoms with Crippen molar-refractivity contribution in [3.05, 3.63) is 0 Å². The van der Waals surface area contributed by atoms with E-state index in [9.17, 15) is 9.32 Å². The average Bonchev–Trinajstić information content (AvgIpc) is 2.17. The van der Waals surface area contributed by atoms with E-state index < -0.39 is 16.4 Å². The molecule has 3 nitrogen and oxygen atoms in total. The predicted molar refractivity (Wildman–Crippen MR) is 67.9 cm³/mol. The van der Waals surface area contributed by atoms with Gasteiger partial charge in [0.1, 0.15) is 0 Å². The van der Waals surface area contributed by atoms with Crippen molar-refractivity contribution in [2.45, 2.75) is 31.4 Å².